The molecule has 1 atom stereocenters. The number of esters is 3. The molecule has 0 aliphatic heterocycles. The van der Waals surface area contributed by atoms with E-state index < -0.39 is 6.10 Å². The summed E-state index contributed by atoms with van der Waals surface area (Å²) in [7, 11) is 0. The molecule has 0 heterocycles. The molecule has 6 nitrogen and oxygen atoms in total. The number of rotatable bonds is 60. The molecule has 1 unspecified atom stereocenters. The summed E-state index contributed by atoms with van der Waals surface area (Å²) < 4.78 is 16.9. The monoisotopic (exact) mass is 1100 g/mol. The Hall–Kier alpha value is -3.93. The van der Waals surface area contributed by atoms with Crippen LogP contribution in [0.3, 0.4) is 0 Å². The zero-order chi connectivity index (χ0) is 57.1. The van der Waals surface area contributed by atoms with Crippen LogP contribution in [-0.4, -0.2) is 37.2 Å². The summed E-state index contributed by atoms with van der Waals surface area (Å²) in [5, 5.41) is 0. The maximum absolute atomic E-state index is 12.9. The highest BCUT2D eigenvalue weighted by molar-refractivity contribution is 5.71. The van der Waals surface area contributed by atoms with Crippen LogP contribution in [0.5, 0.6) is 0 Å². The molecule has 0 spiro atoms. The van der Waals surface area contributed by atoms with Crippen molar-refractivity contribution < 1.29 is 28.6 Å². The smallest absolute Gasteiger partial charge is 0.306 e. The van der Waals surface area contributed by atoms with Crippen LogP contribution in [0.1, 0.15) is 316 Å². The Kier molecular flexibility index (Phi) is 63.3. The van der Waals surface area contributed by atoms with Crippen molar-refractivity contribution in [2.75, 3.05) is 13.2 Å². The Morgan fingerprint density at radius 3 is 0.835 bits per heavy atom. The molecule has 0 radical (unpaired) electrons. The van der Waals surface area contributed by atoms with Gasteiger partial charge in [-0.2, -0.15) is 0 Å². The molecule has 0 aromatic heterocycles. The molecule has 0 aliphatic carbocycles. The van der Waals surface area contributed by atoms with E-state index in [1.165, 1.54) is 154 Å². The summed E-state index contributed by atoms with van der Waals surface area (Å²) in [5.74, 6) is -0.928. The lowest BCUT2D eigenvalue weighted by atomic mass is 10.0. The summed E-state index contributed by atoms with van der Waals surface area (Å²) in [6.07, 6.45) is 91.1. The molecule has 6 heteroatoms. The van der Waals surface area contributed by atoms with Gasteiger partial charge >= 0.3 is 17.9 Å². The van der Waals surface area contributed by atoms with E-state index in [0.29, 0.717) is 19.3 Å². The molecule has 452 valence electrons. The quantitative estimate of drug-likeness (QED) is 0.0261. The number of unbranched alkanes of at least 4 members (excludes halogenated alkanes) is 31. The second kappa shape index (κ2) is 66.6. The standard InChI is InChI=1S/C73H124O6/c1-4-7-10-13-16-19-22-24-26-28-30-32-34-36-38-40-42-44-46-48-51-54-57-60-63-66-72(75)78-69-70(68-77-71(74)65-62-59-56-53-50-21-18-15-12-9-6-3)79-73(76)67-64-61-58-55-52-49-47-45-43-41-39-37-35-33-31-29-27-25-23-20-17-14-11-8-5-2/h7,10,15-16,18-19,24,26,29-32,36,38,42,44,48,51,70H,4-6,8-9,11-14,17,20-23,25,27-28,33-35,37,39-41,43,45-47,49-50,52-69H2,1-3H3/b10-7-,18-15-,19-16-,26-24-,31-29-,32-30-,38-36-,44-42-,51-48-. The van der Waals surface area contributed by atoms with Gasteiger partial charge in [-0.3, -0.25) is 14.4 Å². The Balaban J connectivity index is 4.33. The summed E-state index contributed by atoms with van der Waals surface area (Å²) in [6, 6.07) is 0. The van der Waals surface area contributed by atoms with Crippen LogP contribution in [0.25, 0.3) is 0 Å². The van der Waals surface area contributed by atoms with Gasteiger partial charge in [0, 0.05) is 19.3 Å². The molecule has 0 aromatic carbocycles. The maximum Gasteiger partial charge on any atom is 0.306 e. The molecular weight excluding hydrogens is 973 g/mol. The maximum atomic E-state index is 12.9. The molecule has 0 N–H and O–H groups in total. The Bertz CT molecular complexity index is 1590. The van der Waals surface area contributed by atoms with Gasteiger partial charge in [0.2, 0.25) is 0 Å². The molecule has 0 saturated carbocycles. The Morgan fingerprint density at radius 1 is 0.266 bits per heavy atom. The molecule has 0 fully saturated rings. The average Bonchev–Trinajstić information content (AvgIpc) is 3.45. The van der Waals surface area contributed by atoms with Gasteiger partial charge in [-0.1, -0.05) is 284 Å². The van der Waals surface area contributed by atoms with Crippen molar-refractivity contribution in [2.24, 2.45) is 0 Å². The van der Waals surface area contributed by atoms with Crippen LogP contribution in [-0.2, 0) is 28.6 Å². The minimum atomic E-state index is -0.798. The molecule has 0 saturated heterocycles. The van der Waals surface area contributed by atoms with Gasteiger partial charge in [-0.05, 0) is 122 Å². The van der Waals surface area contributed by atoms with Gasteiger partial charge in [0.25, 0.3) is 0 Å². The summed E-state index contributed by atoms with van der Waals surface area (Å²) >= 11 is 0. The van der Waals surface area contributed by atoms with Crippen LogP contribution in [0.2, 0.25) is 0 Å². The van der Waals surface area contributed by atoms with Gasteiger partial charge in [0.15, 0.2) is 6.10 Å². The van der Waals surface area contributed by atoms with E-state index in [2.05, 4.69) is 130 Å². The zero-order valence-electron chi connectivity index (χ0n) is 51.9. The van der Waals surface area contributed by atoms with E-state index in [4.69, 9.17) is 14.2 Å². The van der Waals surface area contributed by atoms with Gasteiger partial charge < -0.3 is 14.2 Å². The van der Waals surface area contributed by atoms with E-state index >= 15 is 0 Å². The van der Waals surface area contributed by atoms with Crippen molar-refractivity contribution in [1.29, 1.82) is 0 Å². The van der Waals surface area contributed by atoms with E-state index in [9.17, 15) is 14.4 Å². The fourth-order valence-electron chi connectivity index (χ4n) is 9.22. The van der Waals surface area contributed by atoms with Crippen molar-refractivity contribution in [3.8, 4) is 0 Å². The van der Waals surface area contributed by atoms with Crippen molar-refractivity contribution in [2.45, 2.75) is 322 Å². The lowest BCUT2D eigenvalue weighted by molar-refractivity contribution is -0.167. The van der Waals surface area contributed by atoms with Crippen LogP contribution in [0.15, 0.2) is 109 Å². The van der Waals surface area contributed by atoms with E-state index in [1.807, 2.05) is 0 Å². The van der Waals surface area contributed by atoms with Crippen molar-refractivity contribution in [3.05, 3.63) is 109 Å². The second-order valence-corrected chi connectivity index (χ2v) is 22.0. The molecule has 0 rings (SSSR count). The SMILES string of the molecule is CC/C=C\C/C=C\C/C=C\C/C=C\C/C=C\C/C=C\C/C=C\CCCCCC(=O)OCC(COC(=O)CCCCCCC/C=C\CCCC)OC(=O)CCCCCCCCCCCCCCC/C=C\CCCCCCCCCC. The lowest BCUT2D eigenvalue weighted by Crippen LogP contribution is -2.30. The highest BCUT2D eigenvalue weighted by Gasteiger charge is 2.19. The fraction of sp³-hybridized carbons (Fsp3) is 0.712. The predicted octanol–water partition coefficient (Wildman–Crippen LogP) is 23.0. The molecule has 0 aliphatic rings. The third-order valence-corrected chi connectivity index (χ3v) is 14.2. The third-order valence-electron chi connectivity index (χ3n) is 14.2. The number of hydrogen-bond acceptors (Lipinski definition) is 6. The van der Waals surface area contributed by atoms with Gasteiger partial charge in [-0.15, -0.1) is 0 Å². The minimum absolute atomic E-state index is 0.0931. The van der Waals surface area contributed by atoms with Crippen molar-refractivity contribution in [3.63, 3.8) is 0 Å². The first kappa shape index (κ1) is 75.1. The van der Waals surface area contributed by atoms with Crippen LogP contribution in [0, 0.1) is 0 Å². The normalized spacial score (nSPS) is 12.8. The lowest BCUT2D eigenvalue weighted by Gasteiger charge is -2.18. The predicted molar refractivity (Wildman–Crippen MR) is 343 cm³/mol. The number of allylic oxidation sites excluding steroid dienone is 18. The summed E-state index contributed by atoms with van der Waals surface area (Å²) in [5.41, 5.74) is 0. The van der Waals surface area contributed by atoms with E-state index in [-0.39, 0.29) is 31.1 Å². The van der Waals surface area contributed by atoms with Crippen LogP contribution >= 0.6 is 0 Å². The highest BCUT2D eigenvalue weighted by Crippen LogP contribution is 2.16. The van der Waals surface area contributed by atoms with Gasteiger partial charge in [0.05, 0.1) is 0 Å². The minimum Gasteiger partial charge on any atom is -0.462 e. The molecule has 0 aromatic rings. The third kappa shape index (κ3) is 64.8. The largest absolute Gasteiger partial charge is 0.462 e. The van der Waals surface area contributed by atoms with Crippen molar-refractivity contribution >= 4 is 17.9 Å². The van der Waals surface area contributed by atoms with E-state index in [1.54, 1.807) is 0 Å². The van der Waals surface area contributed by atoms with Gasteiger partial charge in [-0.25, -0.2) is 0 Å². The first-order chi connectivity index (χ1) is 39.0. The van der Waals surface area contributed by atoms with E-state index in [0.717, 1.165) is 122 Å². The zero-order valence-corrected chi connectivity index (χ0v) is 51.9. The second-order valence-electron chi connectivity index (χ2n) is 22.0. The van der Waals surface area contributed by atoms with Crippen LogP contribution in [0.4, 0.5) is 0 Å². The highest BCUT2D eigenvalue weighted by atomic mass is 16.6. The number of carbonyl (C=O) groups is 3. The Labute approximate surface area is 489 Å². The first-order valence-electron chi connectivity index (χ1n) is 33.4. The Morgan fingerprint density at radius 2 is 0.506 bits per heavy atom. The number of hydrogen-bond donors (Lipinski definition) is 0. The molecule has 79 heavy (non-hydrogen) atoms. The topological polar surface area (TPSA) is 78.9 Å². The first-order valence-corrected chi connectivity index (χ1v) is 33.4. The fourth-order valence-corrected chi connectivity index (χ4v) is 9.22. The van der Waals surface area contributed by atoms with Gasteiger partial charge in [0.1, 0.15) is 13.2 Å². The average molecular weight is 1100 g/mol. The number of carbonyl (C=O) groups excluding carboxylic acids is 3. The molecule has 0 amide bonds. The van der Waals surface area contributed by atoms with Crippen molar-refractivity contribution in [1.82, 2.24) is 0 Å². The molecule has 0 bridgehead atoms. The number of ether oxygens (including phenoxy) is 3. The van der Waals surface area contributed by atoms with Crippen LogP contribution < -0.4 is 0 Å². The summed E-state index contributed by atoms with van der Waals surface area (Å²) in [4.78, 5) is 38.3. The summed E-state index contributed by atoms with van der Waals surface area (Å²) in [6.45, 7) is 6.48. The molecular formula is C73H124O6.